The quantitative estimate of drug-likeness (QED) is 0.673. The summed E-state index contributed by atoms with van der Waals surface area (Å²) in [6.07, 6.45) is 7.17. The molecule has 0 bridgehead atoms. The second-order valence-electron chi connectivity index (χ2n) is 6.00. The van der Waals surface area contributed by atoms with E-state index in [1.807, 2.05) is 31.2 Å². The highest BCUT2D eigenvalue weighted by Gasteiger charge is 2.17. The van der Waals surface area contributed by atoms with Gasteiger partial charge in [-0.1, -0.05) is 50.3 Å². The van der Waals surface area contributed by atoms with E-state index >= 15 is 0 Å². The largest absolute Gasteiger partial charge is 0.382 e. The van der Waals surface area contributed by atoms with E-state index in [0.29, 0.717) is 5.82 Å². The van der Waals surface area contributed by atoms with E-state index in [1.54, 1.807) is 0 Å². The molecule has 4 heteroatoms. The number of fused-ring (bicyclic) bond motifs is 3. The average molecular weight is 320 g/mol. The van der Waals surface area contributed by atoms with Crippen LogP contribution in [0.3, 0.4) is 0 Å². The number of allylic oxidation sites excluding steroid dienone is 3. The Hall–Kier alpha value is -2.62. The van der Waals surface area contributed by atoms with Crippen LogP contribution in [0.1, 0.15) is 32.5 Å². The first-order valence-electron chi connectivity index (χ1n) is 8.50. The first-order valence-corrected chi connectivity index (χ1v) is 8.50. The smallest absolute Gasteiger partial charge is 0.152 e. The summed E-state index contributed by atoms with van der Waals surface area (Å²) in [5.74, 6) is 1.57. The van der Waals surface area contributed by atoms with E-state index in [4.69, 9.17) is 10.7 Å². The molecule has 2 N–H and O–H groups in total. The number of anilines is 1. The fourth-order valence-electron chi connectivity index (χ4n) is 3.06. The van der Waals surface area contributed by atoms with Gasteiger partial charge in [-0.25, -0.2) is 9.97 Å². The third-order valence-corrected chi connectivity index (χ3v) is 4.42. The highest BCUT2D eigenvalue weighted by Crippen LogP contribution is 2.30. The maximum absolute atomic E-state index is 6.21. The third-order valence-electron chi connectivity index (χ3n) is 4.42. The van der Waals surface area contributed by atoms with Gasteiger partial charge in [0.05, 0.1) is 11.0 Å². The Bertz CT molecular complexity index is 918. The maximum atomic E-state index is 6.21. The topological polar surface area (TPSA) is 56.7 Å². The summed E-state index contributed by atoms with van der Waals surface area (Å²) in [4.78, 5) is 9.36. The number of aryl methyl sites for hydroxylation is 1. The van der Waals surface area contributed by atoms with Gasteiger partial charge < -0.3 is 10.3 Å². The number of nitrogens with zero attached hydrogens (tertiary/aromatic N) is 3. The first kappa shape index (κ1) is 16.2. The molecule has 0 aliphatic rings. The number of aromatic nitrogens is 3. The summed E-state index contributed by atoms with van der Waals surface area (Å²) in [5, 5.41) is 1.09. The van der Waals surface area contributed by atoms with Crippen LogP contribution in [0.15, 0.2) is 48.6 Å². The lowest BCUT2D eigenvalue weighted by atomic mass is 10.1. The predicted octanol–water partition coefficient (Wildman–Crippen LogP) is 4.64. The lowest BCUT2D eigenvalue weighted by Crippen LogP contribution is -2.06. The Kier molecular flexibility index (Phi) is 4.65. The van der Waals surface area contributed by atoms with Crippen LogP contribution in [0.5, 0.6) is 0 Å². The van der Waals surface area contributed by atoms with Crippen LogP contribution in [-0.4, -0.2) is 14.5 Å². The fourth-order valence-corrected chi connectivity index (χ4v) is 3.06. The molecule has 24 heavy (non-hydrogen) atoms. The van der Waals surface area contributed by atoms with E-state index in [9.17, 15) is 0 Å². The molecule has 0 spiro atoms. The van der Waals surface area contributed by atoms with Crippen LogP contribution < -0.4 is 5.73 Å². The number of benzene rings is 1. The number of pyridine rings is 1. The molecule has 0 aliphatic heterocycles. The molecule has 0 saturated heterocycles. The van der Waals surface area contributed by atoms with Crippen molar-refractivity contribution in [1.29, 1.82) is 0 Å². The van der Waals surface area contributed by atoms with E-state index in [1.165, 1.54) is 5.57 Å². The minimum absolute atomic E-state index is 0.501. The van der Waals surface area contributed by atoms with Crippen molar-refractivity contribution in [3.05, 3.63) is 54.4 Å². The molecular formula is C20H24N4. The molecule has 0 amide bonds. The fraction of sp³-hybridized carbons (Fsp3) is 0.300. The molecular weight excluding hydrogens is 296 g/mol. The summed E-state index contributed by atoms with van der Waals surface area (Å²) in [6.45, 7) is 8.91. The molecule has 0 fully saturated rings. The zero-order valence-electron chi connectivity index (χ0n) is 14.4. The van der Waals surface area contributed by atoms with Crippen LogP contribution >= 0.6 is 0 Å². The van der Waals surface area contributed by atoms with Crippen molar-refractivity contribution in [2.24, 2.45) is 0 Å². The van der Waals surface area contributed by atoms with Crippen molar-refractivity contribution in [3.8, 4) is 0 Å². The minimum atomic E-state index is 0.501. The number of hydrogen-bond donors (Lipinski definition) is 1. The Balaban J connectivity index is 2.32. The van der Waals surface area contributed by atoms with Gasteiger partial charge in [0.2, 0.25) is 0 Å². The van der Waals surface area contributed by atoms with Crippen LogP contribution in [0.4, 0.5) is 5.82 Å². The van der Waals surface area contributed by atoms with Crippen molar-refractivity contribution in [3.63, 3.8) is 0 Å². The Labute approximate surface area is 142 Å². The van der Waals surface area contributed by atoms with Gasteiger partial charge in [0.1, 0.15) is 11.3 Å². The number of para-hydroxylation sites is 1. The molecule has 2 heterocycles. The number of nitrogens with two attached hydrogens (primary N) is 1. The maximum Gasteiger partial charge on any atom is 0.152 e. The number of imidazole rings is 1. The van der Waals surface area contributed by atoms with Crippen LogP contribution in [-0.2, 0) is 13.0 Å². The molecule has 3 aromatic rings. The van der Waals surface area contributed by atoms with Gasteiger partial charge in [-0.3, -0.25) is 0 Å². The Morgan fingerprint density at radius 3 is 2.79 bits per heavy atom. The number of nitrogen functional groups attached to an aromatic ring is 1. The highest BCUT2D eigenvalue weighted by atomic mass is 15.1. The zero-order chi connectivity index (χ0) is 17.1. The molecule has 0 saturated carbocycles. The summed E-state index contributed by atoms with van der Waals surface area (Å²) in [7, 11) is 0. The molecule has 0 aliphatic carbocycles. The number of rotatable bonds is 6. The van der Waals surface area contributed by atoms with E-state index < -0.39 is 0 Å². The van der Waals surface area contributed by atoms with Crippen molar-refractivity contribution in [2.45, 2.75) is 39.7 Å². The van der Waals surface area contributed by atoms with Gasteiger partial charge in [0.15, 0.2) is 5.82 Å². The van der Waals surface area contributed by atoms with Crippen molar-refractivity contribution >= 4 is 27.8 Å². The second kappa shape index (κ2) is 6.87. The molecule has 124 valence electrons. The highest BCUT2D eigenvalue weighted by molar-refractivity contribution is 6.06. The second-order valence-corrected chi connectivity index (χ2v) is 6.00. The van der Waals surface area contributed by atoms with E-state index in [-0.39, 0.29) is 0 Å². The minimum Gasteiger partial charge on any atom is -0.382 e. The zero-order valence-corrected chi connectivity index (χ0v) is 14.4. The number of unbranched alkanes of at least 4 members (excludes halogenated alkanes) is 1. The monoisotopic (exact) mass is 320 g/mol. The van der Waals surface area contributed by atoms with Gasteiger partial charge in [-0.05, 0) is 25.0 Å². The lowest BCUT2D eigenvalue weighted by molar-refractivity contribution is 0.690. The standard InChI is InChI=1S/C20H24N4/c1-4-7-12-17-23-18-19(24(17)13-14(5-2)6-3)15-10-8-9-11-16(15)22-20(18)21/h5-6,8-11H,2,4,7,12-13H2,1,3H3,(H2,21,22)/b14-6+. The van der Waals surface area contributed by atoms with E-state index in [2.05, 4.69) is 35.2 Å². The third kappa shape index (κ3) is 2.80. The summed E-state index contributed by atoms with van der Waals surface area (Å²) in [6, 6.07) is 8.11. The molecule has 4 nitrogen and oxygen atoms in total. The Morgan fingerprint density at radius 1 is 1.29 bits per heavy atom. The van der Waals surface area contributed by atoms with Crippen LogP contribution in [0, 0.1) is 0 Å². The normalized spacial score (nSPS) is 12.2. The Morgan fingerprint density at radius 2 is 2.08 bits per heavy atom. The van der Waals surface area contributed by atoms with Crippen LogP contribution in [0.2, 0.25) is 0 Å². The molecule has 0 radical (unpaired) electrons. The lowest BCUT2D eigenvalue weighted by Gasteiger charge is -2.11. The molecule has 3 rings (SSSR count). The summed E-state index contributed by atoms with van der Waals surface area (Å²) >= 11 is 0. The van der Waals surface area contributed by atoms with Crippen molar-refractivity contribution < 1.29 is 0 Å². The predicted molar refractivity (Wildman–Crippen MR) is 102 cm³/mol. The number of hydrogen-bond acceptors (Lipinski definition) is 3. The first-order chi connectivity index (χ1) is 11.7. The molecule has 0 unspecified atom stereocenters. The van der Waals surface area contributed by atoms with Gasteiger partial charge in [-0.2, -0.15) is 0 Å². The molecule has 0 atom stereocenters. The van der Waals surface area contributed by atoms with Gasteiger partial charge >= 0.3 is 0 Å². The van der Waals surface area contributed by atoms with Gasteiger partial charge in [0.25, 0.3) is 0 Å². The van der Waals surface area contributed by atoms with E-state index in [0.717, 1.165) is 53.6 Å². The average Bonchev–Trinajstić information content (AvgIpc) is 2.97. The van der Waals surface area contributed by atoms with Crippen molar-refractivity contribution in [2.75, 3.05) is 5.73 Å². The molecule has 2 aromatic heterocycles. The summed E-state index contributed by atoms with van der Waals surface area (Å²) in [5.41, 5.74) is 10.2. The SMILES string of the molecule is C=C/C(=C\C)Cn1c(CCCC)nc2c(N)nc3ccccc3c21. The van der Waals surface area contributed by atoms with Gasteiger partial charge in [0, 0.05) is 18.4 Å². The van der Waals surface area contributed by atoms with Gasteiger partial charge in [-0.15, -0.1) is 0 Å². The van der Waals surface area contributed by atoms with Crippen LogP contribution in [0.25, 0.3) is 21.9 Å². The molecule has 1 aromatic carbocycles. The summed E-state index contributed by atoms with van der Waals surface area (Å²) < 4.78 is 2.28. The van der Waals surface area contributed by atoms with Crippen molar-refractivity contribution in [1.82, 2.24) is 14.5 Å².